The van der Waals surface area contributed by atoms with Crippen LogP contribution in [0.3, 0.4) is 0 Å². The number of hydrogen-bond donors (Lipinski definition) is 1. The fourth-order valence-corrected chi connectivity index (χ4v) is 4.79. The average molecular weight is 464 g/mol. The molecular weight excluding hydrogens is 425 g/mol. The zero-order valence-electron chi connectivity index (χ0n) is 20.1. The van der Waals surface area contributed by atoms with Gasteiger partial charge >= 0.3 is 6.09 Å². The molecule has 2 saturated heterocycles. The summed E-state index contributed by atoms with van der Waals surface area (Å²) in [6.07, 6.45) is 6.57. The molecule has 2 amide bonds. The van der Waals surface area contributed by atoms with Crippen LogP contribution in [0.5, 0.6) is 5.75 Å². The quantitative estimate of drug-likeness (QED) is 0.718. The number of carbonyl (C=O) groups is 2. The number of phenols is 1. The molecule has 4 rings (SSSR count). The van der Waals surface area contributed by atoms with Gasteiger partial charge in [0.25, 0.3) is 0 Å². The molecule has 0 unspecified atom stereocenters. The van der Waals surface area contributed by atoms with E-state index in [2.05, 4.69) is 4.90 Å². The fourth-order valence-electron chi connectivity index (χ4n) is 4.79. The number of likely N-dealkylation sites (tertiary alicyclic amines) is 1. The van der Waals surface area contributed by atoms with E-state index in [0.717, 1.165) is 45.1 Å². The van der Waals surface area contributed by atoms with Gasteiger partial charge in [-0.25, -0.2) is 9.18 Å². The normalized spacial score (nSPS) is 22.1. The van der Waals surface area contributed by atoms with Gasteiger partial charge < -0.3 is 14.7 Å². The zero-order chi connectivity index (χ0) is 24.0. The maximum absolute atomic E-state index is 13.0. The molecule has 1 N–H and O–H groups in total. The van der Waals surface area contributed by atoms with Crippen molar-refractivity contribution >= 4 is 12.0 Å². The van der Waals surface area contributed by atoms with E-state index in [4.69, 9.17) is 9.84 Å². The van der Waals surface area contributed by atoms with Crippen molar-refractivity contribution in [3.8, 4) is 5.75 Å². The Hall–Kier alpha value is -2.35. The van der Waals surface area contributed by atoms with Crippen LogP contribution in [0.25, 0.3) is 0 Å². The molecule has 1 aromatic carbocycles. The number of benzene rings is 1. The van der Waals surface area contributed by atoms with E-state index in [0.29, 0.717) is 6.54 Å². The molecule has 184 valence electrons. The highest BCUT2D eigenvalue weighted by Gasteiger charge is 2.39. The molecule has 2 heterocycles. The van der Waals surface area contributed by atoms with Crippen molar-refractivity contribution < 1.29 is 23.8 Å². The van der Waals surface area contributed by atoms with E-state index in [1.54, 1.807) is 4.90 Å². The van der Waals surface area contributed by atoms with Gasteiger partial charge in [0.05, 0.1) is 0 Å². The Bertz CT molecular complexity index is 761. The number of hydrogen-bond acceptors (Lipinski definition) is 5. The lowest BCUT2D eigenvalue weighted by molar-refractivity contribution is -0.138. The third kappa shape index (κ3) is 7.32. The summed E-state index contributed by atoms with van der Waals surface area (Å²) in [5, 5.41) is 8.59. The van der Waals surface area contributed by atoms with Crippen molar-refractivity contribution in [3.05, 3.63) is 30.1 Å². The zero-order valence-corrected chi connectivity index (χ0v) is 20.1. The molecule has 1 saturated carbocycles. The van der Waals surface area contributed by atoms with E-state index >= 15 is 0 Å². The van der Waals surface area contributed by atoms with E-state index < -0.39 is 5.60 Å². The number of piperazine rings is 1. The molecule has 2 aliphatic heterocycles. The first kappa shape index (κ1) is 25.3. The van der Waals surface area contributed by atoms with Gasteiger partial charge in [0.1, 0.15) is 23.2 Å². The summed E-state index contributed by atoms with van der Waals surface area (Å²) in [5.74, 6) is -0.136. The number of aromatic hydroxyl groups is 1. The molecule has 33 heavy (non-hydrogen) atoms. The molecule has 3 fully saturated rings. The van der Waals surface area contributed by atoms with Crippen molar-refractivity contribution in [3.63, 3.8) is 0 Å². The summed E-state index contributed by atoms with van der Waals surface area (Å²) >= 11 is 0. The van der Waals surface area contributed by atoms with Gasteiger partial charge in [0, 0.05) is 38.8 Å². The fraction of sp³-hybridized carbons (Fsp3) is 0.680. The highest BCUT2D eigenvalue weighted by Crippen LogP contribution is 2.26. The molecule has 3 aliphatic rings. The highest BCUT2D eigenvalue weighted by molar-refractivity contribution is 5.86. The van der Waals surface area contributed by atoms with E-state index in [1.807, 2.05) is 25.7 Å². The Kier molecular flexibility index (Phi) is 8.57. The monoisotopic (exact) mass is 463 g/mol. The molecule has 1 aliphatic carbocycles. The molecule has 0 bridgehead atoms. The van der Waals surface area contributed by atoms with Crippen LogP contribution in [-0.4, -0.2) is 82.2 Å². The van der Waals surface area contributed by atoms with Crippen LogP contribution >= 0.6 is 0 Å². The molecular formula is C25H38FN3O4. The standard InChI is InChI=1S/C19H33N3O3.C6H5FO/c1-19(2,3)25-18(24)22-10-6-9-16(22)17(23)21-13-11-20(12-14-21)15-7-4-5-8-15;7-5-1-3-6(8)4-2-5/h15-16H,4-14H2,1-3H3;1-4,8H/t16-;/m1./s1. The molecule has 1 atom stereocenters. The third-order valence-corrected chi connectivity index (χ3v) is 6.46. The number of ether oxygens (including phenoxy) is 1. The SMILES string of the molecule is CC(C)(C)OC(=O)N1CCC[C@@H]1C(=O)N1CCN(C2CCCC2)CC1.Oc1ccc(F)cc1. The van der Waals surface area contributed by atoms with Gasteiger partial charge in [0.15, 0.2) is 0 Å². The van der Waals surface area contributed by atoms with Crippen molar-refractivity contribution in [2.45, 2.75) is 77.0 Å². The minimum atomic E-state index is -0.528. The van der Waals surface area contributed by atoms with Crippen molar-refractivity contribution in [1.82, 2.24) is 14.7 Å². The average Bonchev–Trinajstić information content (AvgIpc) is 3.47. The molecule has 0 spiro atoms. The van der Waals surface area contributed by atoms with Gasteiger partial charge in [-0.15, -0.1) is 0 Å². The summed E-state index contributed by atoms with van der Waals surface area (Å²) in [5.41, 5.74) is -0.528. The maximum atomic E-state index is 13.0. The van der Waals surface area contributed by atoms with E-state index in [-0.39, 0.29) is 29.6 Å². The number of phenolic OH excluding ortho intramolecular Hbond substituents is 1. The maximum Gasteiger partial charge on any atom is 0.410 e. The second kappa shape index (κ2) is 11.2. The number of amides is 2. The number of carbonyl (C=O) groups excluding carboxylic acids is 2. The van der Waals surface area contributed by atoms with Gasteiger partial charge in [-0.2, -0.15) is 0 Å². The Morgan fingerprint density at radius 1 is 0.939 bits per heavy atom. The number of halogens is 1. The summed E-state index contributed by atoms with van der Waals surface area (Å²) in [6.45, 7) is 9.71. The topological polar surface area (TPSA) is 73.3 Å². The Balaban J connectivity index is 0.000000323. The Labute approximate surface area is 196 Å². The smallest absolute Gasteiger partial charge is 0.410 e. The summed E-state index contributed by atoms with van der Waals surface area (Å²) in [4.78, 5) is 31.5. The first-order chi connectivity index (χ1) is 15.6. The first-order valence-corrected chi connectivity index (χ1v) is 12.1. The van der Waals surface area contributed by atoms with Crippen molar-refractivity contribution in [2.75, 3.05) is 32.7 Å². The Morgan fingerprint density at radius 2 is 1.55 bits per heavy atom. The van der Waals surface area contributed by atoms with Crippen LogP contribution in [0.2, 0.25) is 0 Å². The van der Waals surface area contributed by atoms with E-state index in [9.17, 15) is 14.0 Å². The molecule has 1 aromatic rings. The third-order valence-electron chi connectivity index (χ3n) is 6.46. The van der Waals surface area contributed by atoms with E-state index in [1.165, 1.54) is 49.9 Å². The largest absolute Gasteiger partial charge is 0.508 e. The van der Waals surface area contributed by atoms with Gasteiger partial charge in [-0.05, 0) is 70.7 Å². The van der Waals surface area contributed by atoms with Crippen LogP contribution < -0.4 is 0 Å². The minimum absolute atomic E-state index is 0.0893. The molecule has 7 nitrogen and oxygen atoms in total. The number of nitrogens with zero attached hydrogens (tertiary/aromatic N) is 3. The van der Waals surface area contributed by atoms with Crippen molar-refractivity contribution in [1.29, 1.82) is 0 Å². The van der Waals surface area contributed by atoms with Crippen LogP contribution in [0, 0.1) is 5.82 Å². The number of rotatable bonds is 2. The van der Waals surface area contributed by atoms with Crippen molar-refractivity contribution in [2.24, 2.45) is 0 Å². The molecule has 0 aromatic heterocycles. The van der Waals surface area contributed by atoms with Gasteiger partial charge in [0.2, 0.25) is 5.91 Å². The minimum Gasteiger partial charge on any atom is -0.508 e. The van der Waals surface area contributed by atoms with Gasteiger partial charge in [-0.1, -0.05) is 12.8 Å². The van der Waals surface area contributed by atoms with Crippen LogP contribution in [0.1, 0.15) is 59.3 Å². The lowest BCUT2D eigenvalue weighted by Gasteiger charge is -2.39. The summed E-state index contributed by atoms with van der Waals surface area (Å²) in [7, 11) is 0. The predicted molar refractivity (Wildman–Crippen MR) is 124 cm³/mol. The predicted octanol–water partition coefficient (Wildman–Crippen LogP) is 4.00. The summed E-state index contributed by atoms with van der Waals surface area (Å²) in [6, 6.07) is 5.39. The van der Waals surface area contributed by atoms with Crippen LogP contribution in [-0.2, 0) is 9.53 Å². The highest BCUT2D eigenvalue weighted by atomic mass is 19.1. The van der Waals surface area contributed by atoms with Crippen LogP contribution in [0.4, 0.5) is 9.18 Å². The second-order valence-corrected chi connectivity index (χ2v) is 10.1. The second-order valence-electron chi connectivity index (χ2n) is 10.1. The summed E-state index contributed by atoms with van der Waals surface area (Å²) < 4.78 is 17.5. The molecule has 8 heteroatoms. The lowest BCUT2D eigenvalue weighted by atomic mass is 10.1. The van der Waals surface area contributed by atoms with Gasteiger partial charge in [-0.3, -0.25) is 14.6 Å². The lowest BCUT2D eigenvalue weighted by Crippen LogP contribution is -2.56. The van der Waals surface area contributed by atoms with Crippen LogP contribution in [0.15, 0.2) is 24.3 Å². The first-order valence-electron chi connectivity index (χ1n) is 12.1. The Morgan fingerprint density at radius 3 is 2.09 bits per heavy atom. The molecule has 0 radical (unpaired) electrons.